The van der Waals surface area contributed by atoms with E-state index < -0.39 is 0 Å². The first-order chi connectivity index (χ1) is 9.81. The van der Waals surface area contributed by atoms with E-state index in [2.05, 4.69) is 68.7 Å². The van der Waals surface area contributed by atoms with Crippen molar-refractivity contribution in [3.8, 4) is 0 Å². The molecule has 20 heavy (non-hydrogen) atoms. The van der Waals surface area contributed by atoms with E-state index in [4.69, 9.17) is 0 Å². The average molecular weight is 347 g/mol. The van der Waals surface area contributed by atoms with E-state index in [0.29, 0.717) is 0 Å². The molecular weight excluding hydrogens is 332 g/mol. The fraction of sp³-hybridized carbons (Fsp3) is 0.188. The number of rotatable bonds is 5. The van der Waals surface area contributed by atoms with Gasteiger partial charge in [0, 0.05) is 24.0 Å². The molecule has 0 amide bonds. The minimum absolute atomic E-state index is 0.901. The van der Waals surface area contributed by atoms with Crippen LogP contribution in [-0.2, 0) is 13.0 Å². The van der Waals surface area contributed by atoms with Gasteiger partial charge in [-0.3, -0.25) is 0 Å². The van der Waals surface area contributed by atoms with Gasteiger partial charge in [-0.25, -0.2) is 4.98 Å². The molecule has 0 bridgehead atoms. The van der Waals surface area contributed by atoms with Gasteiger partial charge >= 0.3 is 0 Å². The summed E-state index contributed by atoms with van der Waals surface area (Å²) < 4.78 is 2.39. The molecule has 0 saturated heterocycles. The number of para-hydroxylation sites is 1. The zero-order valence-corrected chi connectivity index (χ0v) is 13.4. The third kappa shape index (κ3) is 3.45. The number of nitrogens with zero attached hydrogens (tertiary/aromatic N) is 1. The lowest BCUT2D eigenvalue weighted by atomic mass is 10.2. The van der Waals surface area contributed by atoms with Crippen LogP contribution in [0.2, 0.25) is 0 Å². The lowest BCUT2D eigenvalue weighted by Crippen LogP contribution is -2.16. The molecule has 0 atom stereocenters. The molecule has 1 heterocycles. The first kappa shape index (κ1) is 13.7. The summed E-state index contributed by atoms with van der Waals surface area (Å²) in [6.07, 6.45) is 0.982. The molecule has 0 saturated carbocycles. The molecule has 0 aliphatic rings. The van der Waals surface area contributed by atoms with Gasteiger partial charge in [0.2, 0.25) is 0 Å². The van der Waals surface area contributed by atoms with E-state index in [9.17, 15) is 0 Å². The van der Waals surface area contributed by atoms with Crippen LogP contribution < -0.4 is 5.32 Å². The van der Waals surface area contributed by atoms with E-state index in [-0.39, 0.29) is 0 Å². The standard InChI is InChI=1S/C16H15BrN2S/c17-13-7-5-12(6-8-13)11-18-10-9-16-19-14-3-1-2-4-15(14)20-16/h1-8,18H,9-11H2. The topological polar surface area (TPSA) is 24.9 Å². The van der Waals surface area contributed by atoms with Gasteiger partial charge in [0.15, 0.2) is 0 Å². The maximum Gasteiger partial charge on any atom is 0.0951 e. The number of thiazole rings is 1. The Morgan fingerprint density at radius 1 is 1.05 bits per heavy atom. The second kappa shape index (κ2) is 6.48. The van der Waals surface area contributed by atoms with Gasteiger partial charge in [-0.1, -0.05) is 40.2 Å². The van der Waals surface area contributed by atoms with E-state index in [1.54, 1.807) is 11.3 Å². The van der Waals surface area contributed by atoms with Gasteiger partial charge in [-0.15, -0.1) is 11.3 Å². The summed E-state index contributed by atoms with van der Waals surface area (Å²) in [7, 11) is 0. The highest BCUT2D eigenvalue weighted by atomic mass is 79.9. The zero-order chi connectivity index (χ0) is 13.8. The van der Waals surface area contributed by atoms with E-state index in [1.807, 2.05) is 6.07 Å². The van der Waals surface area contributed by atoms with Gasteiger partial charge in [-0.05, 0) is 29.8 Å². The first-order valence-electron chi connectivity index (χ1n) is 6.61. The van der Waals surface area contributed by atoms with Gasteiger partial charge < -0.3 is 5.32 Å². The molecular formula is C16H15BrN2S. The third-order valence-corrected chi connectivity index (χ3v) is 4.72. The summed E-state index contributed by atoms with van der Waals surface area (Å²) in [6, 6.07) is 16.7. The van der Waals surface area contributed by atoms with Crippen LogP contribution in [0.3, 0.4) is 0 Å². The van der Waals surface area contributed by atoms with Gasteiger partial charge in [0.05, 0.1) is 15.2 Å². The second-order valence-corrected chi connectivity index (χ2v) is 6.66. The largest absolute Gasteiger partial charge is 0.312 e. The maximum atomic E-state index is 4.64. The molecule has 1 aromatic heterocycles. The van der Waals surface area contributed by atoms with Crippen LogP contribution >= 0.6 is 27.3 Å². The predicted molar refractivity (Wildman–Crippen MR) is 89.2 cm³/mol. The fourth-order valence-corrected chi connectivity index (χ4v) is 3.29. The Kier molecular flexibility index (Phi) is 4.45. The summed E-state index contributed by atoms with van der Waals surface area (Å²) in [6.45, 7) is 1.86. The van der Waals surface area contributed by atoms with Gasteiger partial charge in [0.1, 0.15) is 0 Å². The minimum Gasteiger partial charge on any atom is -0.312 e. The highest BCUT2D eigenvalue weighted by Gasteiger charge is 2.02. The number of benzene rings is 2. The van der Waals surface area contributed by atoms with Crippen LogP contribution in [0.5, 0.6) is 0 Å². The maximum absolute atomic E-state index is 4.64. The van der Waals surface area contributed by atoms with Crippen molar-refractivity contribution in [1.29, 1.82) is 0 Å². The minimum atomic E-state index is 0.901. The van der Waals surface area contributed by atoms with Crippen molar-refractivity contribution < 1.29 is 0 Å². The van der Waals surface area contributed by atoms with Crippen LogP contribution in [-0.4, -0.2) is 11.5 Å². The monoisotopic (exact) mass is 346 g/mol. The molecule has 4 heteroatoms. The summed E-state index contributed by atoms with van der Waals surface area (Å²) >= 11 is 5.24. The summed E-state index contributed by atoms with van der Waals surface area (Å²) in [5.74, 6) is 0. The Morgan fingerprint density at radius 3 is 2.65 bits per heavy atom. The van der Waals surface area contributed by atoms with Gasteiger partial charge in [0.25, 0.3) is 0 Å². The van der Waals surface area contributed by atoms with Crippen molar-refractivity contribution in [2.24, 2.45) is 0 Å². The summed E-state index contributed by atoms with van der Waals surface area (Å²) in [5, 5.41) is 4.67. The third-order valence-electron chi connectivity index (χ3n) is 3.10. The van der Waals surface area contributed by atoms with Crippen molar-refractivity contribution in [2.75, 3.05) is 6.54 Å². The van der Waals surface area contributed by atoms with Crippen molar-refractivity contribution in [3.63, 3.8) is 0 Å². The van der Waals surface area contributed by atoms with E-state index in [1.165, 1.54) is 15.3 Å². The molecule has 3 rings (SSSR count). The lowest BCUT2D eigenvalue weighted by molar-refractivity contribution is 0.686. The highest BCUT2D eigenvalue weighted by molar-refractivity contribution is 9.10. The Hall–Kier alpha value is -1.23. The van der Waals surface area contributed by atoms with Crippen molar-refractivity contribution in [2.45, 2.75) is 13.0 Å². The van der Waals surface area contributed by atoms with Crippen LogP contribution in [0.1, 0.15) is 10.6 Å². The Morgan fingerprint density at radius 2 is 1.85 bits per heavy atom. The molecule has 2 nitrogen and oxygen atoms in total. The molecule has 0 unspecified atom stereocenters. The molecule has 0 fully saturated rings. The Bertz CT molecular complexity index is 658. The van der Waals surface area contributed by atoms with Crippen LogP contribution in [0.25, 0.3) is 10.2 Å². The number of nitrogens with one attached hydrogen (secondary N) is 1. The normalized spacial score (nSPS) is 11.1. The van der Waals surface area contributed by atoms with Crippen LogP contribution in [0.15, 0.2) is 53.0 Å². The SMILES string of the molecule is Brc1ccc(CNCCc2nc3ccccc3s2)cc1. The number of hydrogen-bond acceptors (Lipinski definition) is 3. The second-order valence-electron chi connectivity index (χ2n) is 4.63. The molecule has 2 aromatic carbocycles. The molecule has 3 aromatic rings. The number of hydrogen-bond donors (Lipinski definition) is 1. The molecule has 0 radical (unpaired) electrons. The average Bonchev–Trinajstić information content (AvgIpc) is 2.88. The molecule has 0 spiro atoms. The predicted octanol–water partition coefficient (Wildman–Crippen LogP) is 4.39. The Labute approximate surface area is 131 Å². The molecule has 102 valence electrons. The molecule has 0 aliphatic carbocycles. The van der Waals surface area contributed by atoms with Crippen LogP contribution in [0.4, 0.5) is 0 Å². The van der Waals surface area contributed by atoms with Crippen molar-refractivity contribution in [3.05, 3.63) is 63.6 Å². The first-order valence-corrected chi connectivity index (χ1v) is 8.22. The zero-order valence-electron chi connectivity index (χ0n) is 11.0. The molecule has 0 aliphatic heterocycles. The number of halogens is 1. The van der Waals surface area contributed by atoms with E-state index >= 15 is 0 Å². The lowest BCUT2D eigenvalue weighted by Gasteiger charge is -2.03. The number of fused-ring (bicyclic) bond motifs is 1. The fourth-order valence-electron chi connectivity index (χ4n) is 2.06. The quantitative estimate of drug-likeness (QED) is 0.693. The highest BCUT2D eigenvalue weighted by Crippen LogP contribution is 2.21. The summed E-state index contributed by atoms with van der Waals surface area (Å²) in [5.41, 5.74) is 2.41. The van der Waals surface area contributed by atoms with Crippen molar-refractivity contribution >= 4 is 37.5 Å². The summed E-state index contributed by atoms with van der Waals surface area (Å²) in [4.78, 5) is 4.64. The van der Waals surface area contributed by atoms with Gasteiger partial charge in [-0.2, -0.15) is 0 Å². The van der Waals surface area contributed by atoms with E-state index in [0.717, 1.165) is 29.5 Å². The molecule has 1 N–H and O–H groups in total. The Balaban J connectivity index is 1.51. The smallest absolute Gasteiger partial charge is 0.0951 e. The van der Waals surface area contributed by atoms with Crippen molar-refractivity contribution in [1.82, 2.24) is 10.3 Å². The van der Waals surface area contributed by atoms with Crippen LogP contribution in [0, 0.1) is 0 Å². The number of aromatic nitrogens is 1.